The van der Waals surface area contributed by atoms with Crippen LogP contribution < -0.4 is 4.74 Å². The topological polar surface area (TPSA) is 55.7 Å². The zero-order valence-electron chi connectivity index (χ0n) is 12.0. The normalized spacial score (nSPS) is 11.0. The summed E-state index contributed by atoms with van der Waals surface area (Å²) in [6.07, 6.45) is 7.55. The third-order valence-corrected chi connectivity index (χ3v) is 3.69. The van der Waals surface area contributed by atoms with Gasteiger partial charge in [-0.25, -0.2) is 9.67 Å². The summed E-state index contributed by atoms with van der Waals surface area (Å²) in [5, 5.41) is 5.55. The number of nitrogens with one attached hydrogen (secondary N) is 1. The van der Waals surface area contributed by atoms with Gasteiger partial charge in [0.05, 0.1) is 13.3 Å². The number of hydrogen-bond acceptors (Lipinski definition) is 3. The fourth-order valence-corrected chi connectivity index (χ4v) is 2.63. The molecule has 1 aromatic carbocycles. The summed E-state index contributed by atoms with van der Waals surface area (Å²) in [6, 6.07) is 11.8. The van der Waals surface area contributed by atoms with E-state index in [1.165, 1.54) is 0 Å². The van der Waals surface area contributed by atoms with E-state index in [2.05, 4.69) is 15.1 Å². The Morgan fingerprint density at radius 2 is 2.05 bits per heavy atom. The van der Waals surface area contributed by atoms with Crippen LogP contribution >= 0.6 is 0 Å². The van der Waals surface area contributed by atoms with Gasteiger partial charge in [0.1, 0.15) is 17.1 Å². The standard InChI is InChI=1S/C17H14N4O/c1-22-16-5-3-2-4-15(16)21-11-12(10-20-21)13-6-8-18-17-14(13)7-9-19-17/h2-11H,1H3,(H,18,19). The second-order valence-electron chi connectivity index (χ2n) is 4.94. The van der Waals surface area contributed by atoms with E-state index in [-0.39, 0.29) is 0 Å². The highest BCUT2D eigenvalue weighted by atomic mass is 16.5. The quantitative estimate of drug-likeness (QED) is 0.629. The van der Waals surface area contributed by atoms with Crippen LogP contribution in [0.4, 0.5) is 0 Å². The molecule has 0 saturated heterocycles. The van der Waals surface area contributed by atoms with E-state index >= 15 is 0 Å². The minimum absolute atomic E-state index is 0.790. The third-order valence-electron chi connectivity index (χ3n) is 3.69. The molecule has 0 aliphatic rings. The highest BCUT2D eigenvalue weighted by Gasteiger charge is 2.10. The van der Waals surface area contributed by atoms with Gasteiger partial charge in [-0.05, 0) is 29.8 Å². The van der Waals surface area contributed by atoms with E-state index in [1.807, 2.05) is 59.7 Å². The highest BCUT2D eigenvalue weighted by Crippen LogP contribution is 2.28. The lowest BCUT2D eigenvalue weighted by Gasteiger charge is -2.07. The Hall–Kier alpha value is -3.08. The first-order valence-electron chi connectivity index (χ1n) is 6.97. The number of benzene rings is 1. The van der Waals surface area contributed by atoms with Crippen LogP contribution in [0.15, 0.2) is 61.2 Å². The van der Waals surface area contributed by atoms with E-state index in [1.54, 1.807) is 13.3 Å². The molecule has 0 radical (unpaired) electrons. The van der Waals surface area contributed by atoms with Crippen LogP contribution in [-0.4, -0.2) is 26.9 Å². The van der Waals surface area contributed by atoms with Crippen molar-refractivity contribution in [2.24, 2.45) is 0 Å². The molecule has 5 heteroatoms. The fourth-order valence-electron chi connectivity index (χ4n) is 2.63. The van der Waals surface area contributed by atoms with Crippen molar-refractivity contribution in [3.8, 4) is 22.6 Å². The van der Waals surface area contributed by atoms with Crippen LogP contribution in [0.5, 0.6) is 5.75 Å². The molecule has 0 saturated carbocycles. The third kappa shape index (κ3) is 1.95. The average molecular weight is 290 g/mol. The van der Waals surface area contributed by atoms with Crippen molar-refractivity contribution in [1.29, 1.82) is 0 Å². The van der Waals surface area contributed by atoms with Gasteiger partial charge < -0.3 is 9.72 Å². The fraction of sp³-hybridized carbons (Fsp3) is 0.0588. The molecule has 0 spiro atoms. The molecule has 22 heavy (non-hydrogen) atoms. The molecule has 3 heterocycles. The Morgan fingerprint density at radius 1 is 1.14 bits per heavy atom. The van der Waals surface area contributed by atoms with Crippen molar-refractivity contribution < 1.29 is 4.74 Å². The number of H-pyrrole nitrogens is 1. The monoisotopic (exact) mass is 290 g/mol. The van der Waals surface area contributed by atoms with Crippen molar-refractivity contribution in [3.05, 3.63) is 61.2 Å². The van der Waals surface area contributed by atoms with E-state index in [0.717, 1.165) is 33.6 Å². The van der Waals surface area contributed by atoms with Crippen molar-refractivity contribution in [2.75, 3.05) is 7.11 Å². The van der Waals surface area contributed by atoms with Crippen molar-refractivity contribution in [3.63, 3.8) is 0 Å². The van der Waals surface area contributed by atoms with Gasteiger partial charge >= 0.3 is 0 Å². The molecular formula is C17H14N4O. The molecule has 5 nitrogen and oxygen atoms in total. The average Bonchev–Trinajstić information content (AvgIpc) is 3.23. The van der Waals surface area contributed by atoms with E-state index in [4.69, 9.17) is 4.74 Å². The molecule has 4 aromatic rings. The molecule has 0 aliphatic heterocycles. The van der Waals surface area contributed by atoms with Gasteiger partial charge in [0.15, 0.2) is 0 Å². The number of pyridine rings is 1. The second-order valence-corrected chi connectivity index (χ2v) is 4.94. The number of nitrogens with zero attached hydrogens (tertiary/aromatic N) is 3. The van der Waals surface area contributed by atoms with Gasteiger partial charge in [0.25, 0.3) is 0 Å². The first-order chi connectivity index (χ1) is 10.9. The van der Waals surface area contributed by atoms with Gasteiger partial charge in [-0.2, -0.15) is 5.10 Å². The van der Waals surface area contributed by atoms with Crippen LogP contribution in [0.1, 0.15) is 0 Å². The summed E-state index contributed by atoms with van der Waals surface area (Å²) in [4.78, 5) is 7.45. The largest absolute Gasteiger partial charge is 0.494 e. The zero-order chi connectivity index (χ0) is 14.9. The Labute approximate surface area is 127 Å². The molecule has 1 N–H and O–H groups in total. The molecule has 3 aromatic heterocycles. The molecule has 0 fully saturated rings. The number of aromatic nitrogens is 4. The van der Waals surface area contributed by atoms with E-state index in [9.17, 15) is 0 Å². The molecule has 0 amide bonds. The number of methoxy groups -OCH3 is 1. The SMILES string of the molecule is COc1ccccc1-n1cc(-c2ccnc3[nH]ccc23)cn1. The predicted octanol–water partition coefficient (Wildman–Crippen LogP) is 3.42. The molecule has 0 unspecified atom stereocenters. The minimum Gasteiger partial charge on any atom is -0.494 e. The lowest BCUT2D eigenvalue weighted by atomic mass is 10.1. The molecule has 0 aliphatic carbocycles. The second kappa shape index (κ2) is 5.04. The Morgan fingerprint density at radius 3 is 2.95 bits per heavy atom. The summed E-state index contributed by atoms with van der Waals surface area (Å²) in [6.45, 7) is 0. The van der Waals surface area contributed by atoms with Crippen LogP contribution in [0.3, 0.4) is 0 Å². The molecule has 0 atom stereocenters. The summed E-state index contributed by atoms with van der Waals surface area (Å²) in [7, 11) is 1.66. The van der Waals surface area contributed by atoms with Crippen LogP contribution in [0.2, 0.25) is 0 Å². The number of fused-ring (bicyclic) bond motifs is 1. The smallest absolute Gasteiger partial charge is 0.144 e. The summed E-state index contributed by atoms with van der Waals surface area (Å²) in [5.74, 6) is 0.790. The van der Waals surface area contributed by atoms with Crippen LogP contribution in [0, 0.1) is 0 Å². The van der Waals surface area contributed by atoms with Crippen molar-refractivity contribution >= 4 is 11.0 Å². The van der Waals surface area contributed by atoms with E-state index < -0.39 is 0 Å². The number of para-hydroxylation sites is 2. The van der Waals surface area contributed by atoms with Gasteiger partial charge in [-0.3, -0.25) is 0 Å². The van der Waals surface area contributed by atoms with Crippen LogP contribution in [-0.2, 0) is 0 Å². The lowest BCUT2D eigenvalue weighted by Crippen LogP contribution is -1.97. The molecule has 0 bridgehead atoms. The predicted molar refractivity (Wildman–Crippen MR) is 85.2 cm³/mol. The highest BCUT2D eigenvalue weighted by molar-refractivity contribution is 5.92. The van der Waals surface area contributed by atoms with Crippen molar-refractivity contribution in [1.82, 2.24) is 19.7 Å². The first-order valence-corrected chi connectivity index (χ1v) is 6.97. The number of hydrogen-bond donors (Lipinski definition) is 1. The maximum Gasteiger partial charge on any atom is 0.144 e. The van der Waals surface area contributed by atoms with Crippen LogP contribution in [0.25, 0.3) is 27.8 Å². The Bertz CT molecular complexity index is 938. The van der Waals surface area contributed by atoms with E-state index in [0.29, 0.717) is 0 Å². The minimum atomic E-state index is 0.790. The first kappa shape index (κ1) is 12.6. The Kier molecular flexibility index (Phi) is 2.89. The Balaban J connectivity index is 1.83. The van der Waals surface area contributed by atoms with Gasteiger partial charge in [0, 0.05) is 29.5 Å². The maximum absolute atomic E-state index is 5.40. The summed E-state index contributed by atoms with van der Waals surface area (Å²) < 4.78 is 7.22. The van der Waals surface area contributed by atoms with Crippen molar-refractivity contribution in [2.45, 2.75) is 0 Å². The number of rotatable bonds is 3. The number of ether oxygens (including phenoxy) is 1. The molecule has 4 rings (SSSR count). The van der Waals surface area contributed by atoms with Gasteiger partial charge in [-0.1, -0.05) is 12.1 Å². The van der Waals surface area contributed by atoms with Gasteiger partial charge in [0.2, 0.25) is 0 Å². The summed E-state index contributed by atoms with van der Waals surface area (Å²) in [5.41, 5.74) is 3.93. The summed E-state index contributed by atoms with van der Waals surface area (Å²) >= 11 is 0. The molecule has 108 valence electrons. The maximum atomic E-state index is 5.40. The molecular weight excluding hydrogens is 276 g/mol. The zero-order valence-corrected chi connectivity index (χ0v) is 12.0. The van der Waals surface area contributed by atoms with Gasteiger partial charge in [-0.15, -0.1) is 0 Å². The lowest BCUT2D eigenvalue weighted by molar-refractivity contribution is 0.411. The number of aromatic amines is 1.